The van der Waals surface area contributed by atoms with Gasteiger partial charge in [-0.15, -0.1) is 0 Å². The van der Waals surface area contributed by atoms with E-state index in [9.17, 15) is 13.2 Å². The van der Waals surface area contributed by atoms with Crippen LogP contribution in [0, 0.1) is 0 Å². The number of sulfonamides is 1. The normalized spacial score (nSPS) is 14.9. The topological polar surface area (TPSA) is 89.0 Å². The van der Waals surface area contributed by atoms with Gasteiger partial charge in [-0.2, -0.15) is 4.31 Å². The summed E-state index contributed by atoms with van der Waals surface area (Å²) in [5, 5.41) is 0.625. The van der Waals surface area contributed by atoms with Crippen LogP contribution in [0.5, 0.6) is 10.9 Å². The number of carbonyl (C=O) groups is 1. The number of rotatable bonds is 10. The lowest BCUT2D eigenvalue weighted by molar-refractivity contribution is 0.0595. The molecule has 0 saturated carbocycles. The predicted molar refractivity (Wildman–Crippen MR) is 142 cm³/mol. The summed E-state index contributed by atoms with van der Waals surface area (Å²) in [6.07, 6.45) is 2.92. The summed E-state index contributed by atoms with van der Waals surface area (Å²) in [4.78, 5) is 19.6. The summed E-state index contributed by atoms with van der Waals surface area (Å²) in [6, 6.07) is 12.1. The van der Waals surface area contributed by atoms with Crippen molar-refractivity contribution in [3.05, 3.63) is 48.0 Å². The third-order valence-electron chi connectivity index (χ3n) is 6.26. The maximum Gasteiger partial charge on any atom is 0.274 e. The van der Waals surface area contributed by atoms with Gasteiger partial charge in [0.05, 0.1) is 22.2 Å². The van der Waals surface area contributed by atoms with E-state index in [1.54, 1.807) is 36.3 Å². The number of thiazole rings is 1. The average molecular weight is 532 g/mol. The molecule has 10 heteroatoms. The van der Waals surface area contributed by atoms with Crippen LogP contribution in [-0.2, 0) is 10.0 Å². The fourth-order valence-electron chi connectivity index (χ4n) is 4.33. The molecule has 36 heavy (non-hydrogen) atoms. The van der Waals surface area contributed by atoms with Crippen molar-refractivity contribution in [3.63, 3.8) is 0 Å². The van der Waals surface area contributed by atoms with Gasteiger partial charge in [0.25, 0.3) is 11.1 Å². The standard InChI is InChI=1S/C26H33N3O5S2/c1-4-14-29(15-5-2)36(31,32)22-9-6-19(7-10-22)25(30)28-16-12-20(13-17-28)34-26-27-23-18-21(33-3)8-11-24(23)35-26/h6-11,18,20H,4-5,12-17H2,1-3H3. The summed E-state index contributed by atoms with van der Waals surface area (Å²) >= 11 is 1.50. The fraction of sp³-hybridized carbons (Fsp3) is 0.462. The molecular weight excluding hydrogens is 498 g/mol. The molecule has 0 spiro atoms. The molecule has 0 radical (unpaired) electrons. The number of amides is 1. The largest absolute Gasteiger partial charge is 0.497 e. The van der Waals surface area contributed by atoms with E-state index in [0.29, 0.717) is 49.8 Å². The number of hydrogen-bond acceptors (Lipinski definition) is 7. The van der Waals surface area contributed by atoms with E-state index in [1.807, 2.05) is 32.0 Å². The Morgan fingerprint density at radius 2 is 1.75 bits per heavy atom. The van der Waals surface area contributed by atoms with Gasteiger partial charge in [0, 0.05) is 50.7 Å². The number of likely N-dealkylation sites (tertiary alicyclic amines) is 1. The zero-order valence-corrected chi connectivity index (χ0v) is 22.6. The molecule has 0 aliphatic carbocycles. The number of fused-ring (bicyclic) bond motifs is 1. The minimum absolute atomic E-state index is 0.00728. The van der Waals surface area contributed by atoms with Gasteiger partial charge in [-0.1, -0.05) is 25.2 Å². The lowest BCUT2D eigenvalue weighted by atomic mass is 10.1. The van der Waals surface area contributed by atoms with E-state index < -0.39 is 10.0 Å². The molecule has 4 rings (SSSR count). The molecule has 0 N–H and O–H groups in total. The molecule has 1 aliphatic rings. The van der Waals surface area contributed by atoms with Crippen LogP contribution in [-0.4, -0.2) is 67.9 Å². The highest BCUT2D eigenvalue weighted by Crippen LogP contribution is 2.32. The summed E-state index contributed by atoms with van der Waals surface area (Å²) in [5.41, 5.74) is 1.34. The van der Waals surface area contributed by atoms with Gasteiger partial charge in [0.2, 0.25) is 10.0 Å². The van der Waals surface area contributed by atoms with Crippen LogP contribution in [0.25, 0.3) is 10.2 Å². The van der Waals surface area contributed by atoms with Crippen LogP contribution in [0.15, 0.2) is 47.4 Å². The highest BCUT2D eigenvalue weighted by atomic mass is 32.2. The zero-order valence-electron chi connectivity index (χ0n) is 21.0. The molecule has 1 aromatic heterocycles. The maximum atomic E-state index is 13.0. The molecule has 3 aromatic rings. The molecule has 1 aliphatic heterocycles. The SMILES string of the molecule is CCCN(CCC)S(=O)(=O)c1ccc(C(=O)N2CCC(Oc3nc4cc(OC)ccc4s3)CC2)cc1. The number of nitrogens with zero attached hydrogens (tertiary/aromatic N) is 3. The third-order valence-corrected chi connectivity index (χ3v) is 9.10. The Morgan fingerprint density at radius 1 is 1.08 bits per heavy atom. The first-order valence-corrected chi connectivity index (χ1v) is 14.6. The van der Waals surface area contributed by atoms with Crippen LogP contribution >= 0.6 is 11.3 Å². The first-order valence-electron chi connectivity index (χ1n) is 12.4. The lowest BCUT2D eigenvalue weighted by Crippen LogP contribution is -2.41. The first kappa shape index (κ1) is 26.4. The number of carbonyl (C=O) groups excluding carboxylic acids is 1. The average Bonchev–Trinajstić information content (AvgIpc) is 3.30. The molecule has 0 atom stereocenters. The fourth-order valence-corrected chi connectivity index (χ4v) is 6.82. The molecule has 1 amide bonds. The van der Waals surface area contributed by atoms with Gasteiger partial charge in [-0.3, -0.25) is 4.79 Å². The van der Waals surface area contributed by atoms with E-state index in [4.69, 9.17) is 9.47 Å². The molecule has 8 nitrogen and oxygen atoms in total. The molecule has 1 fully saturated rings. The van der Waals surface area contributed by atoms with Crippen LogP contribution in [0.4, 0.5) is 0 Å². The molecule has 0 unspecified atom stereocenters. The lowest BCUT2D eigenvalue weighted by Gasteiger charge is -2.31. The predicted octanol–water partition coefficient (Wildman–Crippen LogP) is 4.80. The van der Waals surface area contributed by atoms with Gasteiger partial charge < -0.3 is 14.4 Å². The van der Waals surface area contributed by atoms with Crippen LogP contribution in [0.3, 0.4) is 0 Å². The Balaban J connectivity index is 1.35. The van der Waals surface area contributed by atoms with Crippen molar-refractivity contribution in [1.82, 2.24) is 14.2 Å². The quantitative estimate of drug-likeness (QED) is 0.373. The molecule has 2 heterocycles. The van der Waals surface area contributed by atoms with Crippen molar-refractivity contribution >= 4 is 37.5 Å². The van der Waals surface area contributed by atoms with Crippen molar-refractivity contribution in [3.8, 4) is 10.9 Å². The van der Waals surface area contributed by atoms with Crippen LogP contribution in [0.1, 0.15) is 49.9 Å². The second kappa shape index (κ2) is 11.6. The highest BCUT2D eigenvalue weighted by molar-refractivity contribution is 7.89. The number of benzene rings is 2. The Labute approximate surface area is 216 Å². The Hall–Kier alpha value is -2.69. The first-order chi connectivity index (χ1) is 17.3. The molecule has 1 saturated heterocycles. The van der Waals surface area contributed by atoms with Gasteiger partial charge in [0.1, 0.15) is 11.9 Å². The second-order valence-electron chi connectivity index (χ2n) is 8.85. The monoisotopic (exact) mass is 531 g/mol. The van der Waals surface area contributed by atoms with Gasteiger partial charge in [-0.25, -0.2) is 13.4 Å². The zero-order chi connectivity index (χ0) is 25.7. The molecule has 0 bridgehead atoms. The molecule has 2 aromatic carbocycles. The van der Waals surface area contributed by atoms with E-state index in [2.05, 4.69) is 4.98 Å². The minimum Gasteiger partial charge on any atom is -0.497 e. The molecular formula is C26H33N3O5S2. The van der Waals surface area contributed by atoms with E-state index in [1.165, 1.54) is 15.6 Å². The highest BCUT2D eigenvalue weighted by Gasteiger charge is 2.27. The van der Waals surface area contributed by atoms with E-state index >= 15 is 0 Å². The summed E-state index contributed by atoms with van der Waals surface area (Å²) in [7, 11) is -1.93. The Kier molecular flexibility index (Phi) is 8.48. The van der Waals surface area contributed by atoms with Crippen molar-refractivity contribution < 1.29 is 22.7 Å². The van der Waals surface area contributed by atoms with Crippen LogP contribution < -0.4 is 9.47 Å². The summed E-state index contributed by atoms with van der Waals surface area (Å²) in [5.74, 6) is 0.666. The number of ether oxygens (including phenoxy) is 2. The molecule has 194 valence electrons. The summed E-state index contributed by atoms with van der Waals surface area (Å²) < 4.78 is 39.9. The van der Waals surface area contributed by atoms with Gasteiger partial charge in [0.15, 0.2) is 0 Å². The Morgan fingerprint density at radius 3 is 2.36 bits per heavy atom. The number of piperidine rings is 1. The van der Waals surface area contributed by atoms with Crippen molar-refractivity contribution in [1.29, 1.82) is 0 Å². The minimum atomic E-state index is -3.56. The third kappa shape index (κ3) is 5.82. The second-order valence-corrected chi connectivity index (χ2v) is 11.8. The van der Waals surface area contributed by atoms with Gasteiger partial charge in [-0.05, 0) is 49.2 Å². The number of aromatic nitrogens is 1. The van der Waals surface area contributed by atoms with Crippen molar-refractivity contribution in [2.45, 2.75) is 50.5 Å². The smallest absolute Gasteiger partial charge is 0.274 e. The van der Waals surface area contributed by atoms with E-state index in [-0.39, 0.29) is 16.9 Å². The van der Waals surface area contributed by atoms with Crippen molar-refractivity contribution in [2.75, 3.05) is 33.3 Å². The number of hydrogen-bond donors (Lipinski definition) is 0. The Bertz CT molecular complexity index is 1280. The van der Waals surface area contributed by atoms with Crippen molar-refractivity contribution in [2.24, 2.45) is 0 Å². The maximum absolute atomic E-state index is 13.0. The van der Waals surface area contributed by atoms with Gasteiger partial charge >= 0.3 is 0 Å². The summed E-state index contributed by atoms with van der Waals surface area (Å²) in [6.45, 7) is 6.04. The van der Waals surface area contributed by atoms with Crippen LogP contribution in [0.2, 0.25) is 0 Å². The van der Waals surface area contributed by atoms with E-state index in [0.717, 1.165) is 28.8 Å². The number of methoxy groups -OCH3 is 1.